The number of hydrogen-bond donors (Lipinski definition) is 2. The molecule has 1 heterocycles. The van der Waals surface area contributed by atoms with Crippen LogP contribution in [-0.2, 0) is 16.6 Å². The SMILES string of the molecule is CNS(=O)(=O)c1cccc(C(=O)NCc2nnc(C3CC3)n2C2CC2)c1. The lowest BCUT2D eigenvalue weighted by atomic mass is 10.2. The second kappa shape index (κ2) is 6.48. The van der Waals surface area contributed by atoms with Gasteiger partial charge in [0.15, 0.2) is 5.82 Å². The van der Waals surface area contributed by atoms with Crippen molar-refractivity contribution in [2.75, 3.05) is 7.05 Å². The van der Waals surface area contributed by atoms with E-state index in [-0.39, 0.29) is 17.3 Å². The fourth-order valence-corrected chi connectivity index (χ4v) is 3.77. The standard InChI is InChI=1S/C17H21N5O3S/c1-18-26(24,25)14-4-2-3-12(9-14)17(23)19-10-15-20-21-16(11-5-6-11)22(15)13-7-8-13/h2-4,9,11,13,18H,5-8,10H2,1H3,(H,19,23). The van der Waals surface area contributed by atoms with E-state index in [9.17, 15) is 13.2 Å². The van der Waals surface area contributed by atoms with E-state index in [0.717, 1.165) is 37.3 Å². The maximum absolute atomic E-state index is 12.5. The lowest BCUT2D eigenvalue weighted by Crippen LogP contribution is -2.25. The molecule has 2 aliphatic carbocycles. The highest BCUT2D eigenvalue weighted by Gasteiger charge is 2.36. The van der Waals surface area contributed by atoms with Gasteiger partial charge in [-0.25, -0.2) is 13.1 Å². The van der Waals surface area contributed by atoms with Gasteiger partial charge < -0.3 is 9.88 Å². The molecule has 0 atom stereocenters. The summed E-state index contributed by atoms with van der Waals surface area (Å²) in [5.74, 6) is 1.98. The Balaban J connectivity index is 1.49. The van der Waals surface area contributed by atoms with E-state index in [0.29, 0.717) is 17.5 Å². The molecule has 0 saturated heterocycles. The average molecular weight is 375 g/mol. The van der Waals surface area contributed by atoms with Gasteiger partial charge >= 0.3 is 0 Å². The summed E-state index contributed by atoms with van der Waals surface area (Å²) in [6.45, 7) is 0.276. The monoisotopic (exact) mass is 375 g/mol. The normalized spacial score (nSPS) is 17.3. The first kappa shape index (κ1) is 17.2. The number of nitrogens with one attached hydrogen (secondary N) is 2. The second-order valence-corrected chi connectivity index (χ2v) is 8.65. The Morgan fingerprint density at radius 2 is 2.00 bits per heavy atom. The third-order valence-electron chi connectivity index (χ3n) is 4.73. The van der Waals surface area contributed by atoms with Gasteiger partial charge in [0, 0.05) is 17.5 Å². The lowest BCUT2D eigenvalue weighted by molar-refractivity contribution is 0.0949. The van der Waals surface area contributed by atoms with Crippen LogP contribution in [0, 0.1) is 0 Å². The molecule has 138 valence electrons. The van der Waals surface area contributed by atoms with Crippen LogP contribution in [0.2, 0.25) is 0 Å². The van der Waals surface area contributed by atoms with Crippen molar-refractivity contribution in [2.45, 2.75) is 49.1 Å². The van der Waals surface area contributed by atoms with E-state index in [2.05, 4.69) is 24.8 Å². The highest BCUT2D eigenvalue weighted by atomic mass is 32.2. The van der Waals surface area contributed by atoms with Crippen molar-refractivity contribution in [1.29, 1.82) is 0 Å². The van der Waals surface area contributed by atoms with Crippen LogP contribution in [0.15, 0.2) is 29.2 Å². The first-order chi connectivity index (χ1) is 12.5. The van der Waals surface area contributed by atoms with Crippen LogP contribution in [0.1, 0.15) is 59.6 Å². The molecule has 2 N–H and O–H groups in total. The molecule has 0 spiro atoms. The molecule has 2 fully saturated rings. The summed E-state index contributed by atoms with van der Waals surface area (Å²) in [5, 5.41) is 11.4. The summed E-state index contributed by atoms with van der Waals surface area (Å²) in [4.78, 5) is 12.5. The number of sulfonamides is 1. The number of amides is 1. The minimum Gasteiger partial charge on any atom is -0.345 e. The largest absolute Gasteiger partial charge is 0.345 e. The van der Waals surface area contributed by atoms with Crippen LogP contribution in [-0.4, -0.2) is 36.1 Å². The van der Waals surface area contributed by atoms with Gasteiger partial charge in [-0.1, -0.05) is 6.07 Å². The van der Waals surface area contributed by atoms with E-state index in [4.69, 9.17) is 0 Å². The zero-order chi connectivity index (χ0) is 18.3. The van der Waals surface area contributed by atoms with Crippen molar-refractivity contribution in [3.63, 3.8) is 0 Å². The Morgan fingerprint density at radius 3 is 2.65 bits per heavy atom. The van der Waals surface area contributed by atoms with Crippen molar-refractivity contribution in [3.8, 4) is 0 Å². The summed E-state index contributed by atoms with van der Waals surface area (Å²) in [7, 11) is -2.25. The van der Waals surface area contributed by atoms with Crippen LogP contribution in [0.5, 0.6) is 0 Å². The number of nitrogens with zero attached hydrogens (tertiary/aromatic N) is 3. The topological polar surface area (TPSA) is 106 Å². The van der Waals surface area contributed by atoms with Crippen molar-refractivity contribution in [1.82, 2.24) is 24.8 Å². The van der Waals surface area contributed by atoms with Gasteiger partial charge in [0.25, 0.3) is 5.91 Å². The summed E-state index contributed by atoms with van der Waals surface area (Å²) in [5.41, 5.74) is 0.293. The third kappa shape index (κ3) is 3.36. The smallest absolute Gasteiger partial charge is 0.251 e. The predicted octanol–water partition coefficient (Wildman–Crippen LogP) is 1.33. The van der Waals surface area contributed by atoms with Crippen LogP contribution < -0.4 is 10.0 Å². The van der Waals surface area contributed by atoms with Crippen LogP contribution in [0.25, 0.3) is 0 Å². The van der Waals surface area contributed by atoms with E-state index in [1.807, 2.05) is 0 Å². The van der Waals surface area contributed by atoms with E-state index in [1.54, 1.807) is 12.1 Å². The average Bonchev–Trinajstić information content (AvgIpc) is 3.58. The maximum atomic E-state index is 12.5. The van der Waals surface area contributed by atoms with Gasteiger partial charge in [-0.2, -0.15) is 0 Å². The molecule has 8 nitrogen and oxygen atoms in total. The van der Waals surface area contributed by atoms with Crippen molar-refractivity contribution < 1.29 is 13.2 Å². The van der Waals surface area contributed by atoms with Crippen molar-refractivity contribution >= 4 is 15.9 Å². The number of rotatable bonds is 7. The molecule has 0 unspecified atom stereocenters. The summed E-state index contributed by atoms with van der Waals surface area (Å²) in [6, 6.07) is 6.41. The minimum atomic E-state index is -3.59. The molecule has 2 aliphatic rings. The third-order valence-corrected chi connectivity index (χ3v) is 6.14. The summed E-state index contributed by atoms with van der Waals surface area (Å²) >= 11 is 0. The van der Waals surface area contributed by atoms with Gasteiger partial charge in [-0.15, -0.1) is 10.2 Å². The molecule has 0 radical (unpaired) electrons. The molecular formula is C17H21N5O3S. The van der Waals surface area contributed by atoms with E-state index in [1.165, 1.54) is 19.2 Å². The van der Waals surface area contributed by atoms with Gasteiger partial charge in [0.2, 0.25) is 10.0 Å². The van der Waals surface area contributed by atoms with Gasteiger partial charge in [-0.3, -0.25) is 4.79 Å². The molecule has 1 aromatic carbocycles. The molecule has 0 bridgehead atoms. The molecule has 0 aliphatic heterocycles. The van der Waals surface area contributed by atoms with E-state index >= 15 is 0 Å². The highest BCUT2D eigenvalue weighted by molar-refractivity contribution is 7.89. The van der Waals surface area contributed by atoms with Gasteiger partial charge in [-0.05, 0) is 50.9 Å². The highest BCUT2D eigenvalue weighted by Crippen LogP contribution is 2.44. The lowest BCUT2D eigenvalue weighted by Gasteiger charge is -2.10. The molecule has 1 amide bonds. The Hall–Kier alpha value is -2.26. The molecular weight excluding hydrogens is 354 g/mol. The quantitative estimate of drug-likeness (QED) is 0.759. The number of benzene rings is 1. The number of hydrogen-bond acceptors (Lipinski definition) is 5. The van der Waals surface area contributed by atoms with Gasteiger partial charge in [0.1, 0.15) is 5.82 Å². The molecule has 2 saturated carbocycles. The fourth-order valence-electron chi connectivity index (χ4n) is 2.99. The molecule has 26 heavy (non-hydrogen) atoms. The molecule has 9 heteroatoms. The maximum Gasteiger partial charge on any atom is 0.251 e. The fraction of sp³-hybridized carbons (Fsp3) is 0.471. The Kier molecular flexibility index (Phi) is 4.28. The zero-order valence-corrected chi connectivity index (χ0v) is 15.3. The molecule has 2 aromatic rings. The Bertz CT molecular complexity index is 945. The van der Waals surface area contributed by atoms with Crippen molar-refractivity contribution in [3.05, 3.63) is 41.5 Å². The number of carbonyl (C=O) groups is 1. The predicted molar refractivity (Wildman–Crippen MR) is 94.1 cm³/mol. The molecule has 4 rings (SSSR count). The first-order valence-corrected chi connectivity index (χ1v) is 10.2. The zero-order valence-electron chi connectivity index (χ0n) is 14.5. The first-order valence-electron chi connectivity index (χ1n) is 8.75. The molecule has 1 aromatic heterocycles. The van der Waals surface area contributed by atoms with Crippen LogP contribution >= 0.6 is 0 Å². The minimum absolute atomic E-state index is 0.0600. The Morgan fingerprint density at radius 1 is 1.23 bits per heavy atom. The second-order valence-electron chi connectivity index (χ2n) is 6.77. The number of carbonyl (C=O) groups excluding carboxylic acids is 1. The Labute approximate surface area is 152 Å². The summed E-state index contributed by atoms with van der Waals surface area (Å²) < 4.78 is 28.2. The van der Waals surface area contributed by atoms with Gasteiger partial charge in [0.05, 0.1) is 11.4 Å². The van der Waals surface area contributed by atoms with Crippen LogP contribution in [0.4, 0.5) is 0 Å². The summed E-state index contributed by atoms with van der Waals surface area (Å²) in [6.07, 6.45) is 4.57. The van der Waals surface area contributed by atoms with Crippen molar-refractivity contribution in [2.24, 2.45) is 0 Å². The van der Waals surface area contributed by atoms with Crippen LogP contribution in [0.3, 0.4) is 0 Å². The van der Waals surface area contributed by atoms with E-state index < -0.39 is 10.0 Å². The number of aromatic nitrogens is 3.